The Kier molecular flexibility index (Phi) is 14.1. The average Bonchev–Trinajstić information content (AvgIpc) is 2.29. The lowest BCUT2D eigenvalue weighted by Gasteiger charge is -2.24. The smallest absolute Gasteiger partial charge is 0.0619 e. The molecule has 0 heterocycles. The van der Waals surface area contributed by atoms with Gasteiger partial charge in [0.1, 0.15) is 0 Å². The summed E-state index contributed by atoms with van der Waals surface area (Å²) in [5, 5.41) is 10.3. The molecule has 0 aromatic heterocycles. The van der Waals surface area contributed by atoms with E-state index in [0.29, 0.717) is 0 Å². The van der Waals surface area contributed by atoms with Gasteiger partial charge in [0.25, 0.3) is 0 Å². The lowest BCUT2D eigenvalue weighted by atomic mass is 9.90. The maximum absolute atomic E-state index is 10.3. The molecule has 0 saturated carbocycles. The number of aliphatic hydroxyl groups is 1. The Labute approximate surface area is 122 Å². The van der Waals surface area contributed by atoms with Crippen LogP contribution in [0.3, 0.4) is 0 Å². The van der Waals surface area contributed by atoms with Gasteiger partial charge >= 0.3 is 0 Å². The van der Waals surface area contributed by atoms with Gasteiger partial charge in [-0.3, -0.25) is 0 Å². The van der Waals surface area contributed by atoms with Crippen LogP contribution < -0.4 is 0 Å². The van der Waals surface area contributed by atoms with E-state index in [1.165, 1.54) is 38.5 Å². The summed E-state index contributed by atoms with van der Waals surface area (Å²) in [4.78, 5) is 0. The van der Waals surface area contributed by atoms with Gasteiger partial charge < -0.3 is 5.11 Å². The van der Waals surface area contributed by atoms with Crippen molar-refractivity contribution in [2.24, 2.45) is 5.92 Å². The van der Waals surface area contributed by atoms with Crippen molar-refractivity contribution in [3.05, 3.63) is 12.2 Å². The summed E-state index contributed by atoms with van der Waals surface area (Å²) in [6.45, 7) is 8.63. The fourth-order valence-corrected chi connectivity index (χ4v) is 2.40. The van der Waals surface area contributed by atoms with Crippen molar-refractivity contribution in [2.75, 3.05) is 0 Å². The van der Waals surface area contributed by atoms with Gasteiger partial charge in [0.05, 0.1) is 5.60 Å². The molecule has 0 aliphatic rings. The van der Waals surface area contributed by atoms with Crippen molar-refractivity contribution in [3.8, 4) is 0 Å². The molecule has 0 aromatic carbocycles. The fraction of sp³-hybridized carbons (Fsp3) is 0.889. The second-order valence-electron chi connectivity index (χ2n) is 6.10. The SMILES string of the molecule is C.C/C=C\CCC(C)CCCC(C)(O)CCCCC. The van der Waals surface area contributed by atoms with Crippen LogP contribution in [0.4, 0.5) is 0 Å². The van der Waals surface area contributed by atoms with Crippen molar-refractivity contribution in [2.45, 2.75) is 98.5 Å². The summed E-state index contributed by atoms with van der Waals surface area (Å²) in [7, 11) is 0. The maximum Gasteiger partial charge on any atom is 0.0619 e. The van der Waals surface area contributed by atoms with Crippen molar-refractivity contribution in [1.82, 2.24) is 0 Å². The number of hydrogen-bond donors (Lipinski definition) is 1. The minimum atomic E-state index is -0.432. The summed E-state index contributed by atoms with van der Waals surface area (Å²) in [5.74, 6) is 0.785. The molecule has 0 amide bonds. The second-order valence-corrected chi connectivity index (χ2v) is 6.10. The molecule has 1 N–H and O–H groups in total. The lowest BCUT2D eigenvalue weighted by molar-refractivity contribution is 0.0359. The van der Waals surface area contributed by atoms with E-state index in [9.17, 15) is 5.11 Å². The minimum Gasteiger partial charge on any atom is -0.390 e. The van der Waals surface area contributed by atoms with Crippen molar-refractivity contribution in [1.29, 1.82) is 0 Å². The minimum absolute atomic E-state index is 0. The maximum atomic E-state index is 10.3. The first-order valence-electron chi connectivity index (χ1n) is 7.85. The zero-order valence-electron chi connectivity index (χ0n) is 13.0. The molecule has 19 heavy (non-hydrogen) atoms. The highest BCUT2D eigenvalue weighted by molar-refractivity contribution is 4.78. The topological polar surface area (TPSA) is 20.2 Å². The third-order valence-corrected chi connectivity index (χ3v) is 3.79. The Morgan fingerprint density at radius 3 is 2.32 bits per heavy atom. The summed E-state index contributed by atoms with van der Waals surface area (Å²) < 4.78 is 0. The molecule has 2 atom stereocenters. The molecule has 116 valence electrons. The molecule has 0 aliphatic heterocycles. The van der Waals surface area contributed by atoms with Gasteiger partial charge in [0.2, 0.25) is 0 Å². The molecular weight excluding hydrogens is 232 g/mol. The number of unbranched alkanes of at least 4 members (excludes halogenated alkanes) is 2. The van der Waals surface area contributed by atoms with Gasteiger partial charge in [0.15, 0.2) is 0 Å². The van der Waals surface area contributed by atoms with Gasteiger partial charge in [-0.25, -0.2) is 0 Å². The van der Waals surface area contributed by atoms with E-state index in [2.05, 4.69) is 32.9 Å². The third-order valence-electron chi connectivity index (χ3n) is 3.79. The largest absolute Gasteiger partial charge is 0.390 e. The van der Waals surface area contributed by atoms with Crippen LogP contribution >= 0.6 is 0 Å². The molecule has 0 radical (unpaired) electrons. The highest BCUT2D eigenvalue weighted by Gasteiger charge is 2.19. The number of allylic oxidation sites excluding steroid dienone is 2. The van der Waals surface area contributed by atoms with Crippen molar-refractivity contribution < 1.29 is 5.11 Å². The van der Waals surface area contributed by atoms with Crippen LogP contribution in [-0.2, 0) is 0 Å². The van der Waals surface area contributed by atoms with Crippen LogP contribution in [0.1, 0.15) is 92.9 Å². The Morgan fingerprint density at radius 1 is 1.11 bits per heavy atom. The molecule has 0 aromatic rings. The summed E-state index contributed by atoms with van der Waals surface area (Å²) in [6, 6.07) is 0. The zero-order valence-corrected chi connectivity index (χ0v) is 13.0. The summed E-state index contributed by atoms with van der Waals surface area (Å²) in [6.07, 6.45) is 14.8. The van der Waals surface area contributed by atoms with E-state index in [0.717, 1.165) is 25.2 Å². The van der Waals surface area contributed by atoms with Gasteiger partial charge in [-0.05, 0) is 45.4 Å². The van der Waals surface area contributed by atoms with Crippen LogP contribution in [-0.4, -0.2) is 10.7 Å². The molecule has 1 heteroatoms. The van der Waals surface area contributed by atoms with E-state index in [1.54, 1.807) is 0 Å². The van der Waals surface area contributed by atoms with Gasteiger partial charge in [-0.1, -0.05) is 65.5 Å². The molecule has 0 spiro atoms. The van der Waals surface area contributed by atoms with Gasteiger partial charge in [-0.15, -0.1) is 0 Å². The Morgan fingerprint density at radius 2 is 1.74 bits per heavy atom. The van der Waals surface area contributed by atoms with E-state index >= 15 is 0 Å². The van der Waals surface area contributed by atoms with E-state index in [1.807, 2.05) is 6.92 Å². The predicted molar refractivity (Wildman–Crippen MR) is 88.6 cm³/mol. The quantitative estimate of drug-likeness (QED) is 0.354. The first-order valence-corrected chi connectivity index (χ1v) is 7.85. The van der Waals surface area contributed by atoms with Crippen LogP contribution in [0.15, 0.2) is 12.2 Å². The molecule has 0 aliphatic carbocycles. The van der Waals surface area contributed by atoms with Gasteiger partial charge in [0, 0.05) is 0 Å². The van der Waals surface area contributed by atoms with Crippen LogP contribution in [0.5, 0.6) is 0 Å². The summed E-state index contributed by atoms with van der Waals surface area (Å²) >= 11 is 0. The second kappa shape index (κ2) is 12.7. The van der Waals surface area contributed by atoms with Crippen molar-refractivity contribution >= 4 is 0 Å². The Hall–Kier alpha value is -0.300. The first-order chi connectivity index (χ1) is 8.52. The van der Waals surface area contributed by atoms with Crippen LogP contribution in [0.25, 0.3) is 0 Å². The normalized spacial score (nSPS) is 16.1. The van der Waals surface area contributed by atoms with E-state index in [-0.39, 0.29) is 7.43 Å². The lowest BCUT2D eigenvalue weighted by Crippen LogP contribution is -2.23. The predicted octanol–water partition coefficient (Wildman–Crippen LogP) is 6.12. The fourth-order valence-electron chi connectivity index (χ4n) is 2.40. The standard InChI is InChI=1S/C17H34O.CH4/c1-5-7-9-12-16(3)13-11-15-17(4,18)14-10-8-6-2;/h5,7,16,18H,6,8-15H2,1-4H3;1H4/b7-5-;. The molecule has 0 bridgehead atoms. The molecule has 1 nitrogen and oxygen atoms in total. The molecule has 0 fully saturated rings. The number of rotatable bonds is 11. The average molecular weight is 271 g/mol. The third kappa shape index (κ3) is 13.9. The van der Waals surface area contributed by atoms with Crippen LogP contribution in [0, 0.1) is 5.92 Å². The molecule has 0 rings (SSSR count). The Balaban J connectivity index is 0. The highest BCUT2D eigenvalue weighted by atomic mass is 16.3. The Bertz CT molecular complexity index is 206. The molecule has 0 saturated heterocycles. The first kappa shape index (κ1) is 21.0. The van der Waals surface area contributed by atoms with Gasteiger partial charge in [-0.2, -0.15) is 0 Å². The van der Waals surface area contributed by atoms with E-state index < -0.39 is 5.60 Å². The molecular formula is C18H38O. The van der Waals surface area contributed by atoms with Crippen molar-refractivity contribution in [3.63, 3.8) is 0 Å². The number of hydrogen-bond acceptors (Lipinski definition) is 1. The van der Waals surface area contributed by atoms with E-state index in [4.69, 9.17) is 0 Å². The highest BCUT2D eigenvalue weighted by Crippen LogP contribution is 2.23. The monoisotopic (exact) mass is 270 g/mol. The summed E-state index contributed by atoms with van der Waals surface area (Å²) in [5.41, 5.74) is -0.432. The molecule has 2 unspecified atom stereocenters. The van der Waals surface area contributed by atoms with Crippen LogP contribution in [0.2, 0.25) is 0 Å². The zero-order chi connectivity index (χ0) is 13.9.